The van der Waals surface area contributed by atoms with Gasteiger partial charge in [0.15, 0.2) is 0 Å². The second kappa shape index (κ2) is 12.2. The first-order chi connectivity index (χ1) is 13.7. The van der Waals surface area contributed by atoms with E-state index in [1.807, 2.05) is 36.4 Å². The van der Waals surface area contributed by atoms with Crippen molar-refractivity contribution in [3.8, 4) is 5.75 Å². The number of hydrogen-bond donors (Lipinski definition) is 1. The summed E-state index contributed by atoms with van der Waals surface area (Å²) in [6.07, 6.45) is 2.23. The minimum Gasteiger partial charge on any atom is -0.489 e. The molecule has 0 heterocycles. The minimum absolute atomic E-state index is 0. The summed E-state index contributed by atoms with van der Waals surface area (Å²) in [5, 5.41) is 4.44. The fourth-order valence-corrected chi connectivity index (χ4v) is 3.70. The van der Waals surface area contributed by atoms with Crippen molar-refractivity contribution in [3.63, 3.8) is 0 Å². The molecule has 1 atom stereocenters. The predicted octanol–water partition coefficient (Wildman–Crippen LogP) is 7.73. The summed E-state index contributed by atoms with van der Waals surface area (Å²) in [5.74, 6) is 0.897. The summed E-state index contributed by atoms with van der Waals surface area (Å²) in [6, 6.07) is 24.9. The molecule has 3 aromatic rings. The summed E-state index contributed by atoms with van der Waals surface area (Å²) in [6.45, 7) is 3.48. The lowest BCUT2D eigenvalue weighted by molar-refractivity contribution is 0.301. The van der Waals surface area contributed by atoms with E-state index in [1.54, 1.807) is 0 Å². The molecule has 29 heavy (non-hydrogen) atoms. The van der Waals surface area contributed by atoms with E-state index in [1.165, 1.54) is 5.56 Å². The monoisotopic (exact) mass is 493 g/mol. The van der Waals surface area contributed by atoms with Gasteiger partial charge in [0.25, 0.3) is 0 Å². The Morgan fingerprint density at radius 3 is 2.41 bits per heavy atom. The van der Waals surface area contributed by atoms with Gasteiger partial charge in [0.1, 0.15) is 12.4 Å². The van der Waals surface area contributed by atoms with Gasteiger partial charge in [0.05, 0.1) is 0 Å². The van der Waals surface area contributed by atoms with Crippen LogP contribution in [0.15, 0.2) is 77.3 Å². The van der Waals surface area contributed by atoms with E-state index in [0.29, 0.717) is 12.6 Å². The van der Waals surface area contributed by atoms with Crippen LogP contribution in [0, 0.1) is 0 Å². The lowest BCUT2D eigenvalue weighted by atomic mass is 10.0. The number of hydrogen-bond acceptors (Lipinski definition) is 2. The molecule has 2 nitrogen and oxygen atoms in total. The van der Waals surface area contributed by atoms with E-state index in [9.17, 15) is 0 Å². The molecular weight excluding hydrogens is 469 g/mol. The third kappa shape index (κ3) is 7.35. The van der Waals surface area contributed by atoms with Crippen molar-refractivity contribution < 1.29 is 4.74 Å². The van der Waals surface area contributed by atoms with Crippen LogP contribution in [-0.2, 0) is 13.2 Å². The van der Waals surface area contributed by atoms with Crippen molar-refractivity contribution in [2.45, 2.75) is 39.0 Å². The van der Waals surface area contributed by atoms with Gasteiger partial charge in [-0.15, -0.1) is 12.4 Å². The average Bonchev–Trinajstić information content (AvgIpc) is 2.72. The Labute approximate surface area is 193 Å². The van der Waals surface area contributed by atoms with Gasteiger partial charge in [0, 0.05) is 27.6 Å². The molecule has 0 saturated carbocycles. The van der Waals surface area contributed by atoms with Gasteiger partial charge in [-0.2, -0.15) is 0 Å². The molecule has 0 radical (unpaired) electrons. The zero-order valence-corrected chi connectivity index (χ0v) is 19.6. The minimum atomic E-state index is 0. The molecule has 0 aromatic heterocycles. The number of ether oxygens (including phenoxy) is 1. The van der Waals surface area contributed by atoms with Crippen molar-refractivity contribution in [2.75, 3.05) is 0 Å². The van der Waals surface area contributed by atoms with Crippen LogP contribution in [0.25, 0.3) is 0 Å². The van der Waals surface area contributed by atoms with Crippen molar-refractivity contribution in [1.29, 1.82) is 0 Å². The first-order valence-electron chi connectivity index (χ1n) is 9.59. The fraction of sp³-hybridized carbons (Fsp3) is 0.250. The molecule has 0 saturated heterocycles. The maximum atomic E-state index is 6.11. The molecule has 0 amide bonds. The van der Waals surface area contributed by atoms with Crippen LogP contribution in [0.2, 0.25) is 5.02 Å². The molecular formula is C24H26BrCl2NO. The Balaban J connectivity index is 0.00000300. The molecule has 3 rings (SSSR count). The molecule has 0 aliphatic carbocycles. The average molecular weight is 495 g/mol. The van der Waals surface area contributed by atoms with E-state index in [2.05, 4.69) is 64.6 Å². The predicted molar refractivity (Wildman–Crippen MR) is 128 cm³/mol. The summed E-state index contributed by atoms with van der Waals surface area (Å²) < 4.78 is 7.16. The third-order valence-corrected chi connectivity index (χ3v) is 5.39. The summed E-state index contributed by atoms with van der Waals surface area (Å²) in [7, 11) is 0. The zero-order valence-electron chi connectivity index (χ0n) is 16.4. The molecule has 0 aliphatic heterocycles. The molecule has 154 valence electrons. The highest BCUT2D eigenvalue weighted by molar-refractivity contribution is 9.10. The Morgan fingerprint density at radius 1 is 1.00 bits per heavy atom. The van der Waals surface area contributed by atoms with E-state index >= 15 is 0 Å². The summed E-state index contributed by atoms with van der Waals surface area (Å²) in [4.78, 5) is 0. The number of halogens is 3. The highest BCUT2D eigenvalue weighted by Gasteiger charge is 2.12. The van der Waals surface area contributed by atoms with Crippen LogP contribution in [-0.4, -0.2) is 0 Å². The smallest absolute Gasteiger partial charge is 0.124 e. The highest BCUT2D eigenvalue weighted by atomic mass is 79.9. The van der Waals surface area contributed by atoms with Gasteiger partial charge in [0.2, 0.25) is 0 Å². The molecule has 0 aliphatic rings. The van der Waals surface area contributed by atoms with Crippen LogP contribution < -0.4 is 10.1 Å². The first kappa shape index (κ1) is 23.8. The lowest BCUT2D eigenvalue weighted by Crippen LogP contribution is -2.21. The number of rotatable bonds is 9. The Hall–Kier alpha value is -1.52. The van der Waals surface area contributed by atoms with Crippen LogP contribution >= 0.6 is 39.9 Å². The quantitative estimate of drug-likeness (QED) is 0.328. The molecule has 1 N–H and O–H groups in total. The third-order valence-electron chi connectivity index (χ3n) is 4.65. The van der Waals surface area contributed by atoms with Gasteiger partial charge in [-0.25, -0.2) is 0 Å². The second-order valence-electron chi connectivity index (χ2n) is 6.80. The van der Waals surface area contributed by atoms with Crippen molar-refractivity contribution in [1.82, 2.24) is 5.32 Å². The van der Waals surface area contributed by atoms with E-state index in [0.717, 1.165) is 45.8 Å². The molecule has 0 fully saturated rings. The normalized spacial score (nSPS) is 11.6. The highest BCUT2D eigenvalue weighted by Crippen LogP contribution is 2.26. The second-order valence-corrected chi connectivity index (χ2v) is 8.15. The molecule has 0 bridgehead atoms. The number of benzene rings is 3. The molecule has 1 unspecified atom stereocenters. The van der Waals surface area contributed by atoms with Gasteiger partial charge in [-0.1, -0.05) is 83.3 Å². The van der Waals surface area contributed by atoms with Gasteiger partial charge >= 0.3 is 0 Å². The number of nitrogens with one attached hydrogen (secondary N) is 1. The molecule has 5 heteroatoms. The van der Waals surface area contributed by atoms with E-state index in [-0.39, 0.29) is 12.4 Å². The maximum Gasteiger partial charge on any atom is 0.124 e. The van der Waals surface area contributed by atoms with E-state index < -0.39 is 0 Å². The maximum absolute atomic E-state index is 6.11. The van der Waals surface area contributed by atoms with Gasteiger partial charge in [-0.3, -0.25) is 0 Å². The fourth-order valence-electron chi connectivity index (χ4n) is 3.16. The molecule has 0 spiro atoms. The SMILES string of the molecule is CCCC(NCc1cc(Br)ccc1OCc1ccc(Cl)cc1)c1ccccc1.Cl. The van der Waals surface area contributed by atoms with Gasteiger partial charge < -0.3 is 10.1 Å². The van der Waals surface area contributed by atoms with Crippen LogP contribution in [0.1, 0.15) is 42.5 Å². The van der Waals surface area contributed by atoms with Crippen LogP contribution in [0.4, 0.5) is 0 Å². The van der Waals surface area contributed by atoms with Crippen LogP contribution in [0.5, 0.6) is 5.75 Å². The Kier molecular flexibility index (Phi) is 10.0. The lowest BCUT2D eigenvalue weighted by Gasteiger charge is -2.20. The standard InChI is InChI=1S/C24H25BrClNO.ClH/c1-2-6-23(19-7-4-3-5-8-19)27-16-20-15-21(25)11-14-24(20)28-17-18-9-12-22(26)13-10-18;/h3-5,7-15,23,27H,2,6,16-17H2,1H3;1H. The van der Waals surface area contributed by atoms with Crippen LogP contribution in [0.3, 0.4) is 0 Å². The Bertz CT molecular complexity index is 872. The Morgan fingerprint density at radius 2 is 1.72 bits per heavy atom. The first-order valence-corrected chi connectivity index (χ1v) is 10.8. The van der Waals surface area contributed by atoms with Crippen molar-refractivity contribution >= 4 is 39.9 Å². The summed E-state index contributed by atoms with van der Waals surface area (Å²) in [5.41, 5.74) is 3.56. The van der Waals surface area contributed by atoms with Crippen molar-refractivity contribution in [2.24, 2.45) is 0 Å². The van der Waals surface area contributed by atoms with E-state index in [4.69, 9.17) is 16.3 Å². The molecule has 3 aromatic carbocycles. The zero-order chi connectivity index (χ0) is 19.8. The topological polar surface area (TPSA) is 21.3 Å². The summed E-state index contributed by atoms with van der Waals surface area (Å²) >= 11 is 9.55. The van der Waals surface area contributed by atoms with Crippen molar-refractivity contribution in [3.05, 3.63) is 99.0 Å². The van der Waals surface area contributed by atoms with Gasteiger partial charge in [-0.05, 0) is 47.9 Å². The largest absolute Gasteiger partial charge is 0.489 e.